The maximum atomic E-state index is 5.35. The Morgan fingerprint density at radius 2 is 2.25 bits per heavy atom. The van der Waals surface area contributed by atoms with Gasteiger partial charge in [-0.3, -0.25) is 0 Å². The molecule has 0 aromatic carbocycles. The molecular weight excluding hydrogens is 206 g/mol. The molecule has 16 heavy (non-hydrogen) atoms. The number of ether oxygens (including phenoxy) is 2. The molecule has 0 fully saturated rings. The molecule has 92 valence electrons. The van der Waals surface area contributed by atoms with Crippen molar-refractivity contribution in [3.63, 3.8) is 0 Å². The van der Waals surface area contributed by atoms with E-state index in [4.69, 9.17) is 9.47 Å². The summed E-state index contributed by atoms with van der Waals surface area (Å²) in [4.78, 5) is 4.23. The minimum absolute atomic E-state index is 0.667. The second-order valence-electron chi connectivity index (χ2n) is 3.59. The molecule has 1 heterocycles. The van der Waals surface area contributed by atoms with Crippen molar-refractivity contribution in [3.05, 3.63) is 18.2 Å². The van der Waals surface area contributed by atoms with Crippen LogP contribution in [0.25, 0.3) is 0 Å². The molecule has 0 aliphatic rings. The summed E-state index contributed by atoms with van der Waals surface area (Å²) in [5.74, 6) is 1.06. The molecule has 0 amide bonds. The molecule has 1 N–H and O–H groups in total. The van der Waals surface area contributed by atoms with Gasteiger partial charge in [-0.1, -0.05) is 0 Å². The highest BCUT2D eigenvalue weighted by Gasteiger charge is 1.97. The van der Waals surface area contributed by atoms with Gasteiger partial charge in [0.2, 0.25) is 0 Å². The van der Waals surface area contributed by atoms with Crippen molar-refractivity contribution in [2.45, 2.75) is 13.0 Å². The summed E-state index contributed by atoms with van der Waals surface area (Å²) < 4.78 is 12.2. The van der Waals surface area contributed by atoms with Crippen LogP contribution in [0.3, 0.4) is 0 Å². The Labute approximate surface area is 96.8 Å². The van der Waals surface area contributed by atoms with Gasteiger partial charge in [0.1, 0.15) is 5.82 Å². The molecular formula is C11H21N3O2. The maximum absolute atomic E-state index is 5.35. The van der Waals surface area contributed by atoms with Crippen LogP contribution in [0, 0.1) is 0 Å². The number of imidazole rings is 1. The molecule has 0 aliphatic heterocycles. The first kappa shape index (κ1) is 13.2. The van der Waals surface area contributed by atoms with Crippen LogP contribution in [0.15, 0.2) is 12.4 Å². The topological polar surface area (TPSA) is 48.3 Å². The fraction of sp³-hybridized carbons (Fsp3) is 0.727. The number of aromatic nitrogens is 2. The van der Waals surface area contributed by atoms with Gasteiger partial charge in [-0.25, -0.2) is 4.98 Å². The normalized spacial score (nSPS) is 10.9. The molecule has 5 nitrogen and oxygen atoms in total. The molecule has 0 aliphatic carbocycles. The standard InChI is InChI=1S/C11H21N3O2/c1-14-6-5-13-11(14)10-12-4-3-7-16-9-8-15-2/h5-6,12H,3-4,7-10H2,1-2H3. The lowest BCUT2D eigenvalue weighted by atomic mass is 10.4. The fourth-order valence-corrected chi connectivity index (χ4v) is 1.31. The van der Waals surface area contributed by atoms with E-state index in [2.05, 4.69) is 10.3 Å². The van der Waals surface area contributed by atoms with Crippen molar-refractivity contribution in [3.8, 4) is 0 Å². The number of rotatable bonds is 9. The van der Waals surface area contributed by atoms with Crippen LogP contribution >= 0.6 is 0 Å². The van der Waals surface area contributed by atoms with Crippen molar-refractivity contribution in [1.82, 2.24) is 14.9 Å². The molecule has 0 saturated heterocycles. The molecule has 0 radical (unpaired) electrons. The lowest BCUT2D eigenvalue weighted by Gasteiger charge is -2.05. The van der Waals surface area contributed by atoms with Gasteiger partial charge >= 0.3 is 0 Å². The van der Waals surface area contributed by atoms with E-state index < -0.39 is 0 Å². The van der Waals surface area contributed by atoms with Crippen LogP contribution in [0.1, 0.15) is 12.2 Å². The summed E-state index contributed by atoms with van der Waals surface area (Å²) in [6.07, 6.45) is 4.77. The van der Waals surface area contributed by atoms with Crippen molar-refractivity contribution in [2.24, 2.45) is 7.05 Å². The van der Waals surface area contributed by atoms with Gasteiger partial charge in [-0.2, -0.15) is 0 Å². The van der Waals surface area contributed by atoms with E-state index in [0.717, 1.165) is 31.9 Å². The van der Waals surface area contributed by atoms with Crippen molar-refractivity contribution < 1.29 is 9.47 Å². The van der Waals surface area contributed by atoms with Gasteiger partial charge in [0.25, 0.3) is 0 Å². The average Bonchev–Trinajstić information content (AvgIpc) is 2.68. The van der Waals surface area contributed by atoms with Crippen molar-refractivity contribution >= 4 is 0 Å². The third kappa shape index (κ3) is 5.25. The first-order valence-corrected chi connectivity index (χ1v) is 5.58. The Bertz CT molecular complexity index is 276. The molecule has 5 heteroatoms. The average molecular weight is 227 g/mol. The van der Waals surface area contributed by atoms with Crippen LogP contribution in [0.5, 0.6) is 0 Å². The minimum atomic E-state index is 0.667. The largest absolute Gasteiger partial charge is 0.382 e. The zero-order valence-electron chi connectivity index (χ0n) is 10.1. The number of hydrogen-bond acceptors (Lipinski definition) is 4. The Morgan fingerprint density at radius 3 is 2.94 bits per heavy atom. The minimum Gasteiger partial charge on any atom is -0.382 e. The second-order valence-corrected chi connectivity index (χ2v) is 3.59. The van der Waals surface area contributed by atoms with Gasteiger partial charge in [0, 0.05) is 33.2 Å². The lowest BCUT2D eigenvalue weighted by Crippen LogP contribution is -2.19. The zero-order chi connectivity index (χ0) is 11.6. The van der Waals surface area contributed by atoms with Crippen LogP contribution in [-0.4, -0.2) is 43.0 Å². The summed E-state index contributed by atoms with van der Waals surface area (Å²) >= 11 is 0. The Morgan fingerprint density at radius 1 is 1.38 bits per heavy atom. The number of aryl methyl sites for hydroxylation is 1. The predicted octanol–water partition coefficient (Wildman–Crippen LogP) is 0.563. The number of hydrogen-bond donors (Lipinski definition) is 1. The van der Waals surface area contributed by atoms with E-state index in [1.807, 2.05) is 24.0 Å². The molecule has 0 atom stereocenters. The van der Waals surface area contributed by atoms with E-state index in [1.165, 1.54) is 0 Å². The molecule has 0 saturated carbocycles. The van der Waals surface area contributed by atoms with Crippen LogP contribution in [0.4, 0.5) is 0 Å². The van der Waals surface area contributed by atoms with Gasteiger partial charge in [-0.15, -0.1) is 0 Å². The third-order valence-electron chi connectivity index (χ3n) is 2.28. The van der Waals surface area contributed by atoms with E-state index >= 15 is 0 Å². The number of methoxy groups -OCH3 is 1. The molecule has 0 unspecified atom stereocenters. The van der Waals surface area contributed by atoms with E-state index in [1.54, 1.807) is 7.11 Å². The monoisotopic (exact) mass is 227 g/mol. The summed E-state index contributed by atoms with van der Waals surface area (Å²) in [6, 6.07) is 0. The highest BCUT2D eigenvalue weighted by Crippen LogP contribution is 1.92. The highest BCUT2D eigenvalue weighted by atomic mass is 16.5. The summed E-state index contributed by atoms with van der Waals surface area (Å²) in [6.45, 7) is 3.87. The van der Waals surface area contributed by atoms with Crippen LogP contribution in [-0.2, 0) is 23.1 Å². The lowest BCUT2D eigenvalue weighted by molar-refractivity contribution is 0.0694. The fourth-order valence-electron chi connectivity index (χ4n) is 1.31. The van der Waals surface area contributed by atoms with Gasteiger partial charge in [0.15, 0.2) is 0 Å². The molecule has 0 bridgehead atoms. The number of nitrogens with zero attached hydrogens (tertiary/aromatic N) is 2. The third-order valence-corrected chi connectivity index (χ3v) is 2.28. The molecule has 0 spiro atoms. The van der Waals surface area contributed by atoms with Gasteiger partial charge in [0.05, 0.1) is 19.8 Å². The Kier molecular flexibility index (Phi) is 6.80. The summed E-state index contributed by atoms with van der Waals surface area (Å²) in [7, 11) is 3.68. The van der Waals surface area contributed by atoms with E-state index in [9.17, 15) is 0 Å². The quantitative estimate of drug-likeness (QED) is 0.626. The SMILES string of the molecule is COCCOCCCNCc1nccn1C. The highest BCUT2D eigenvalue weighted by molar-refractivity contribution is 4.90. The van der Waals surface area contributed by atoms with Gasteiger partial charge < -0.3 is 19.4 Å². The van der Waals surface area contributed by atoms with Gasteiger partial charge in [-0.05, 0) is 13.0 Å². The molecule has 1 aromatic rings. The van der Waals surface area contributed by atoms with Crippen molar-refractivity contribution in [1.29, 1.82) is 0 Å². The predicted molar refractivity (Wildman–Crippen MR) is 62.2 cm³/mol. The Hall–Kier alpha value is -0.910. The summed E-state index contributed by atoms with van der Waals surface area (Å²) in [5.41, 5.74) is 0. The first-order valence-electron chi connectivity index (χ1n) is 5.58. The van der Waals surface area contributed by atoms with Crippen molar-refractivity contribution in [2.75, 3.05) is 33.5 Å². The maximum Gasteiger partial charge on any atom is 0.122 e. The smallest absolute Gasteiger partial charge is 0.122 e. The molecule has 1 rings (SSSR count). The summed E-state index contributed by atoms with van der Waals surface area (Å²) in [5, 5.41) is 3.32. The van der Waals surface area contributed by atoms with E-state index in [0.29, 0.717) is 13.2 Å². The zero-order valence-corrected chi connectivity index (χ0v) is 10.1. The second kappa shape index (κ2) is 8.27. The van der Waals surface area contributed by atoms with E-state index in [-0.39, 0.29) is 0 Å². The number of nitrogens with one attached hydrogen (secondary N) is 1. The first-order chi connectivity index (χ1) is 7.84. The molecule has 1 aromatic heterocycles. The van der Waals surface area contributed by atoms with Crippen LogP contribution in [0.2, 0.25) is 0 Å². The van der Waals surface area contributed by atoms with Crippen LogP contribution < -0.4 is 5.32 Å². The Balaban J connectivity index is 1.91.